The van der Waals surface area contributed by atoms with Gasteiger partial charge in [0.2, 0.25) is 0 Å². The Morgan fingerprint density at radius 2 is 1.35 bits per heavy atom. The van der Waals surface area contributed by atoms with Crippen molar-refractivity contribution in [2.45, 2.75) is 65.7 Å². The van der Waals surface area contributed by atoms with Crippen LogP contribution in [0.5, 0.6) is 5.75 Å². The molecule has 6 rings (SSSR count). The lowest BCUT2D eigenvalue weighted by Gasteiger charge is -2.19. The second-order valence-corrected chi connectivity index (χ2v) is 14.8. The molecule has 6 aromatic rings. The van der Waals surface area contributed by atoms with E-state index in [2.05, 4.69) is 115 Å². The zero-order valence-electron chi connectivity index (χ0n) is 27.8. The average molecular weight is 623 g/mol. The van der Waals surface area contributed by atoms with Gasteiger partial charge in [-0.3, -0.25) is 4.99 Å². The Morgan fingerprint density at radius 3 is 2.02 bits per heavy atom. The number of benzene rings is 5. The van der Waals surface area contributed by atoms with E-state index in [1.54, 1.807) is 23.6 Å². The number of aromatic nitrogens is 1. The molecule has 0 saturated carbocycles. The van der Waals surface area contributed by atoms with Crippen LogP contribution in [0.3, 0.4) is 0 Å². The van der Waals surface area contributed by atoms with Crippen LogP contribution in [0.15, 0.2) is 108 Å². The van der Waals surface area contributed by atoms with Gasteiger partial charge in [-0.15, -0.1) is 11.3 Å². The van der Waals surface area contributed by atoms with Gasteiger partial charge >= 0.3 is 0 Å². The van der Waals surface area contributed by atoms with Gasteiger partial charge in [-0.05, 0) is 87.0 Å². The molecule has 0 aliphatic carbocycles. The summed E-state index contributed by atoms with van der Waals surface area (Å²) in [5.74, 6) is 1.11. The fourth-order valence-electron chi connectivity index (χ4n) is 5.69. The van der Waals surface area contributed by atoms with Gasteiger partial charge in [-0.1, -0.05) is 115 Å². The van der Waals surface area contributed by atoms with Gasteiger partial charge in [0.1, 0.15) is 10.8 Å². The number of rotatable bonds is 7. The van der Waals surface area contributed by atoms with E-state index in [-0.39, 0.29) is 11.2 Å². The zero-order chi connectivity index (χ0) is 32.6. The first-order valence-electron chi connectivity index (χ1n) is 16.1. The quantitative estimate of drug-likeness (QED) is 0.180. The molecular weight excluding hydrogens is 581 g/mol. The first kappa shape index (κ1) is 31.4. The predicted octanol–water partition coefficient (Wildman–Crippen LogP) is 12.3. The molecule has 3 nitrogen and oxygen atoms in total. The van der Waals surface area contributed by atoms with E-state index in [0.717, 1.165) is 43.2 Å². The Hall–Kier alpha value is -4.54. The number of hydrogen-bond acceptors (Lipinski definition) is 4. The first-order chi connectivity index (χ1) is 22.0. The maximum Gasteiger partial charge on any atom is 0.126 e. The summed E-state index contributed by atoms with van der Waals surface area (Å²) in [5.41, 5.74) is 12.0. The van der Waals surface area contributed by atoms with E-state index in [9.17, 15) is 5.11 Å². The number of thiazole rings is 1. The molecule has 0 aliphatic rings. The van der Waals surface area contributed by atoms with E-state index >= 15 is 0 Å². The highest BCUT2D eigenvalue weighted by molar-refractivity contribution is 7.21. The molecule has 0 aliphatic heterocycles. The van der Waals surface area contributed by atoms with Crippen LogP contribution in [-0.4, -0.2) is 16.3 Å². The molecule has 0 unspecified atom stereocenters. The minimum absolute atomic E-state index is 0.0308. The molecule has 4 heteroatoms. The Labute approximate surface area is 277 Å². The molecule has 1 aromatic heterocycles. The molecule has 0 fully saturated rings. The van der Waals surface area contributed by atoms with Crippen LogP contribution in [0.1, 0.15) is 82.6 Å². The van der Waals surface area contributed by atoms with Gasteiger partial charge < -0.3 is 5.11 Å². The van der Waals surface area contributed by atoms with E-state index in [1.807, 2.05) is 30.3 Å². The molecular formula is C42H42N2OS. The SMILES string of the molecule is CC(C)c1cc(-c2cc(-c3ccccc3)c3nc(-c4ccccc4N=Cc4cc(C(C)(C)C)ccc4O)sc3c2)cc(C(C)C)c1. The number of phenolic OH excluding ortho intramolecular Hbond substituents is 1. The summed E-state index contributed by atoms with van der Waals surface area (Å²) in [7, 11) is 0. The van der Waals surface area contributed by atoms with Crippen molar-refractivity contribution in [3.8, 4) is 38.6 Å². The van der Waals surface area contributed by atoms with Crippen LogP contribution in [0, 0.1) is 0 Å². The first-order valence-corrected chi connectivity index (χ1v) is 16.9. The molecule has 5 aromatic carbocycles. The number of nitrogens with zero attached hydrogens (tertiary/aromatic N) is 2. The second-order valence-electron chi connectivity index (χ2n) is 13.8. The predicted molar refractivity (Wildman–Crippen MR) is 198 cm³/mol. The average Bonchev–Trinajstić information content (AvgIpc) is 3.48. The largest absolute Gasteiger partial charge is 0.507 e. The van der Waals surface area contributed by atoms with Crippen molar-refractivity contribution in [1.29, 1.82) is 0 Å². The molecule has 0 bridgehead atoms. The maximum absolute atomic E-state index is 10.6. The topological polar surface area (TPSA) is 45.5 Å². The molecule has 1 heterocycles. The molecule has 0 saturated heterocycles. The molecule has 0 amide bonds. The Balaban J connectivity index is 1.49. The van der Waals surface area contributed by atoms with Crippen molar-refractivity contribution in [2.24, 2.45) is 4.99 Å². The number of phenols is 1. The van der Waals surface area contributed by atoms with E-state index < -0.39 is 0 Å². The Bertz CT molecular complexity index is 2020. The highest BCUT2D eigenvalue weighted by atomic mass is 32.1. The molecule has 1 N–H and O–H groups in total. The lowest BCUT2D eigenvalue weighted by Crippen LogP contribution is -2.11. The lowest BCUT2D eigenvalue weighted by atomic mass is 9.86. The second kappa shape index (κ2) is 12.7. The number of para-hydroxylation sites is 1. The number of hydrogen-bond donors (Lipinski definition) is 1. The van der Waals surface area contributed by atoms with E-state index in [1.165, 1.54) is 22.3 Å². The normalized spacial score (nSPS) is 12.2. The molecule has 232 valence electrons. The van der Waals surface area contributed by atoms with Gasteiger partial charge in [0.05, 0.1) is 15.9 Å². The summed E-state index contributed by atoms with van der Waals surface area (Å²) >= 11 is 1.70. The third kappa shape index (κ3) is 6.54. The van der Waals surface area contributed by atoms with Crippen molar-refractivity contribution in [1.82, 2.24) is 4.98 Å². The highest BCUT2D eigenvalue weighted by Crippen LogP contribution is 2.42. The summed E-state index contributed by atoms with van der Waals surface area (Å²) in [6, 6.07) is 36.1. The van der Waals surface area contributed by atoms with Crippen molar-refractivity contribution < 1.29 is 5.11 Å². The van der Waals surface area contributed by atoms with Crippen LogP contribution >= 0.6 is 11.3 Å². The lowest BCUT2D eigenvalue weighted by molar-refractivity contribution is 0.473. The van der Waals surface area contributed by atoms with Crippen molar-refractivity contribution in [2.75, 3.05) is 0 Å². The fourth-order valence-corrected chi connectivity index (χ4v) is 6.76. The van der Waals surface area contributed by atoms with Crippen LogP contribution in [0.2, 0.25) is 0 Å². The fraction of sp³-hybridized carbons (Fsp3) is 0.238. The minimum atomic E-state index is -0.0308. The number of aliphatic imine (C=N–C) groups is 1. The Morgan fingerprint density at radius 1 is 0.696 bits per heavy atom. The van der Waals surface area contributed by atoms with Gasteiger partial charge in [0, 0.05) is 22.9 Å². The van der Waals surface area contributed by atoms with Crippen LogP contribution in [0.4, 0.5) is 5.69 Å². The van der Waals surface area contributed by atoms with Gasteiger partial charge in [-0.2, -0.15) is 0 Å². The van der Waals surface area contributed by atoms with Crippen molar-refractivity contribution in [3.05, 3.63) is 125 Å². The monoisotopic (exact) mass is 622 g/mol. The van der Waals surface area contributed by atoms with Gasteiger partial charge in [-0.25, -0.2) is 4.98 Å². The third-order valence-electron chi connectivity index (χ3n) is 8.59. The highest BCUT2D eigenvalue weighted by Gasteiger charge is 2.18. The van der Waals surface area contributed by atoms with Crippen LogP contribution in [0.25, 0.3) is 43.0 Å². The van der Waals surface area contributed by atoms with Crippen molar-refractivity contribution in [3.63, 3.8) is 0 Å². The van der Waals surface area contributed by atoms with Crippen molar-refractivity contribution >= 4 is 33.5 Å². The standard InChI is InChI=1S/C42H42N2OS/c1-26(2)29-19-30(27(3)4)21-31(20-29)32-23-36(28-13-9-8-10-14-28)40-39(24-32)46-41(44-40)35-15-11-12-16-37(35)43-25-33-22-34(42(5,6)7)17-18-38(33)45/h8-27,45H,1-7H3. The number of aromatic hydroxyl groups is 1. The van der Waals surface area contributed by atoms with Crippen LogP contribution in [-0.2, 0) is 5.41 Å². The molecule has 0 radical (unpaired) electrons. The molecule has 0 spiro atoms. The summed E-state index contributed by atoms with van der Waals surface area (Å²) in [6.45, 7) is 15.6. The smallest absolute Gasteiger partial charge is 0.126 e. The summed E-state index contributed by atoms with van der Waals surface area (Å²) in [6.07, 6.45) is 1.76. The molecule has 46 heavy (non-hydrogen) atoms. The van der Waals surface area contributed by atoms with Crippen LogP contribution < -0.4 is 0 Å². The molecule has 0 atom stereocenters. The van der Waals surface area contributed by atoms with Gasteiger partial charge in [0.25, 0.3) is 0 Å². The van der Waals surface area contributed by atoms with E-state index in [0.29, 0.717) is 17.4 Å². The summed E-state index contributed by atoms with van der Waals surface area (Å²) < 4.78 is 1.14. The third-order valence-corrected chi connectivity index (χ3v) is 9.63. The summed E-state index contributed by atoms with van der Waals surface area (Å²) in [5, 5.41) is 11.5. The van der Waals surface area contributed by atoms with E-state index in [4.69, 9.17) is 9.98 Å². The Kier molecular flexibility index (Phi) is 8.67. The maximum atomic E-state index is 10.6. The number of fused-ring (bicyclic) bond motifs is 1. The van der Waals surface area contributed by atoms with Gasteiger partial charge in [0.15, 0.2) is 0 Å². The summed E-state index contributed by atoms with van der Waals surface area (Å²) in [4.78, 5) is 10.1. The zero-order valence-corrected chi connectivity index (χ0v) is 28.6. The minimum Gasteiger partial charge on any atom is -0.507 e.